The lowest BCUT2D eigenvalue weighted by Gasteiger charge is -2.35. The zero-order valence-corrected chi connectivity index (χ0v) is 19.8. The highest BCUT2D eigenvalue weighted by Crippen LogP contribution is 2.31. The number of aromatic nitrogens is 3. The van der Waals surface area contributed by atoms with Gasteiger partial charge < -0.3 is 15.1 Å². The summed E-state index contributed by atoms with van der Waals surface area (Å²) >= 11 is 0. The van der Waals surface area contributed by atoms with Crippen LogP contribution in [0.4, 0.5) is 18.9 Å². The van der Waals surface area contributed by atoms with E-state index in [1.165, 1.54) is 12.3 Å². The van der Waals surface area contributed by atoms with Crippen LogP contribution in [0.1, 0.15) is 34.2 Å². The van der Waals surface area contributed by atoms with Crippen LogP contribution in [0.15, 0.2) is 48.9 Å². The fourth-order valence-electron chi connectivity index (χ4n) is 4.02. The predicted molar refractivity (Wildman–Crippen MR) is 127 cm³/mol. The van der Waals surface area contributed by atoms with Crippen molar-refractivity contribution in [2.45, 2.75) is 26.6 Å². The first kappa shape index (κ1) is 25.1. The predicted octanol–water partition coefficient (Wildman–Crippen LogP) is 3.46. The minimum absolute atomic E-state index is 0.0628. The number of hydrogen-bond donors (Lipinski definition) is 1. The van der Waals surface area contributed by atoms with E-state index in [1.807, 2.05) is 6.07 Å². The van der Waals surface area contributed by atoms with Crippen molar-refractivity contribution in [2.24, 2.45) is 0 Å². The monoisotopic (exact) mass is 498 g/mol. The van der Waals surface area contributed by atoms with Crippen LogP contribution in [0.2, 0.25) is 0 Å². The van der Waals surface area contributed by atoms with Crippen molar-refractivity contribution in [3.63, 3.8) is 0 Å². The summed E-state index contributed by atoms with van der Waals surface area (Å²) in [5.74, 6) is -0.290. The van der Waals surface area contributed by atoms with E-state index in [0.29, 0.717) is 48.6 Å². The first-order valence-electron chi connectivity index (χ1n) is 11.4. The summed E-state index contributed by atoms with van der Waals surface area (Å²) in [6.45, 7) is 6.19. The van der Waals surface area contributed by atoms with Crippen molar-refractivity contribution in [3.05, 3.63) is 71.4 Å². The number of rotatable bonds is 5. The molecule has 188 valence electrons. The molecule has 1 saturated heterocycles. The van der Waals surface area contributed by atoms with Crippen LogP contribution in [0.5, 0.6) is 0 Å². The fraction of sp³-hybridized carbons (Fsp3) is 0.320. The molecule has 0 saturated carbocycles. The van der Waals surface area contributed by atoms with Gasteiger partial charge in [-0.1, -0.05) is 6.07 Å². The standard InChI is InChI=1S/C25H25F3N6O2/c1-16-11-18(13-31-23(16)19-5-6-29-22(12-19)25(26,27)28)14-32-24(36)21-4-3-20(15-30-21)34-9-7-33(8-10-34)17(2)35/h3-6,11-13,15H,7-10,14H2,1-2H3,(H,32,36). The van der Waals surface area contributed by atoms with Crippen LogP contribution in [-0.4, -0.2) is 57.8 Å². The van der Waals surface area contributed by atoms with Gasteiger partial charge in [0.25, 0.3) is 5.91 Å². The Morgan fingerprint density at radius 1 is 1.00 bits per heavy atom. The quantitative estimate of drug-likeness (QED) is 0.580. The third-order valence-electron chi connectivity index (χ3n) is 5.98. The lowest BCUT2D eigenvalue weighted by Crippen LogP contribution is -2.48. The zero-order valence-electron chi connectivity index (χ0n) is 19.8. The number of anilines is 1. The van der Waals surface area contributed by atoms with E-state index < -0.39 is 11.9 Å². The van der Waals surface area contributed by atoms with Crippen LogP contribution in [0.25, 0.3) is 11.3 Å². The molecule has 0 unspecified atom stereocenters. The molecule has 3 aromatic heterocycles. The van der Waals surface area contributed by atoms with Gasteiger partial charge in [-0.25, -0.2) is 4.98 Å². The number of carbonyl (C=O) groups excluding carboxylic acids is 2. The van der Waals surface area contributed by atoms with E-state index in [4.69, 9.17) is 0 Å². The van der Waals surface area contributed by atoms with Crippen molar-refractivity contribution in [2.75, 3.05) is 31.1 Å². The van der Waals surface area contributed by atoms with Gasteiger partial charge in [0.05, 0.1) is 17.6 Å². The van der Waals surface area contributed by atoms with Crippen LogP contribution >= 0.6 is 0 Å². The van der Waals surface area contributed by atoms with Crippen molar-refractivity contribution in [1.82, 2.24) is 25.2 Å². The molecule has 1 aliphatic heterocycles. The average molecular weight is 499 g/mol. The smallest absolute Gasteiger partial charge is 0.367 e. The number of nitrogens with one attached hydrogen (secondary N) is 1. The van der Waals surface area contributed by atoms with Gasteiger partial charge in [-0.3, -0.25) is 19.6 Å². The van der Waals surface area contributed by atoms with Crippen molar-refractivity contribution in [3.8, 4) is 11.3 Å². The Morgan fingerprint density at radius 2 is 1.75 bits per heavy atom. The van der Waals surface area contributed by atoms with Crippen LogP contribution in [0, 0.1) is 6.92 Å². The maximum absolute atomic E-state index is 13.0. The first-order chi connectivity index (χ1) is 17.1. The maximum atomic E-state index is 13.0. The zero-order chi connectivity index (χ0) is 25.9. The lowest BCUT2D eigenvalue weighted by atomic mass is 10.1. The summed E-state index contributed by atoms with van der Waals surface area (Å²) in [5.41, 5.74) is 2.28. The molecule has 36 heavy (non-hydrogen) atoms. The van der Waals surface area contributed by atoms with Crippen molar-refractivity contribution < 1.29 is 22.8 Å². The van der Waals surface area contributed by atoms with E-state index in [1.54, 1.807) is 37.1 Å². The van der Waals surface area contributed by atoms with Crippen LogP contribution in [0.3, 0.4) is 0 Å². The second kappa shape index (κ2) is 10.3. The highest BCUT2D eigenvalue weighted by molar-refractivity contribution is 5.92. The number of halogens is 3. The number of aryl methyl sites for hydroxylation is 1. The molecule has 2 amide bonds. The second-order valence-electron chi connectivity index (χ2n) is 8.51. The molecule has 4 rings (SSSR count). The maximum Gasteiger partial charge on any atom is 0.433 e. The third-order valence-corrected chi connectivity index (χ3v) is 5.98. The van der Waals surface area contributed by atoms with E-state index in [0.717, 1.165) is 18.0 Å². The third kappa shape index (κ3) is 5.78. The summed E-state index contributed by atoms with van der Waals surface area (Å²) in [4.78, 5) is 39.9. The summed E-state index contributed by atoms with van der Waals surface area (Å²) in [6, 6.07) is 7.69. The second-order valence-corrected chi connectivity index (χ2v) is 8.51. The Bertz CT molecular complexity index is 1260. The molecule has 1 N–H and O–H groups in total. The highest BCUT2D eigenvalue weighted by atomic mass is 19.4. The molecule has 0 aromatic carbocycles. The summed E-state index contributed by atoms with van der Waals surface area (Å²) in [7, 11) is 0. The number of piperazine rings is 1. The molecule has 4 heterocycles. The van der Waals surface area contributed by atoms with Crippen LogP contribution < -0.4 is 10.2 Å². The van der Waals surface area contributed by atoms with Crippen molar-refractivity contribution in [1.29, 1.82) is 0 Å². The first-order valence-corrected chi connectivity index (χ1v) is 11.4. The molecule has 1 aliphatic rings. The number of alkyl halides is 3. The Labute approximate surface area is 206 Å². The molecule has 0 aliphatic carbocycles. The normalized spacial score (nSPS) is 14.0. The lowest BCUT2D eigenvalue weighted by molar-refractivity contribution is -0.141. The molecule has 1 fully saturated rings. The number of nitrogens with zero attached hydrogens (tertiary/aromatic N) is 5. The Balaban J connectivity index is 1.36. The summed E-state index contributed by atoms with van der Waals surface area (Å²) < 4.78 is 38.9. The molecule has 0 bridgehead atoms. The number of pyridine rings is 3. The largest absolute Gasteiger partial charge is 0.433 e. The Kier molecular flexibility index (Phi) is 7.18. The van der Waals surface area contributed by atoms with Crippen LogP contribution in [-0.2, 0) is 17.5 Å². The number of amides is 2. The molecular formula is C25H25F3N6O2. The number of carbonyl (C=O) groups is 2. The van der Waals surface area contributed by atoms with E-state index in [9.17, 15) is 22.8 Å². The van der Waals surface area contributed by atoms with E-state index in [-0.39, 0.29) is 24.1 Å². The molecular weight excluding hydrogens is 473 g/mol. The molecule has 8 nitrogen and oxygen atoms in total. The molecule has 3 aromatic rings. The molecule has 11 heteroatoms. The van der Waals surface area contributed by atoms with Gasteiger partial charge in [0.2, 0.25) is 5.91 Å². The molecule has 0 radical (unpaired) electrons. The van der Waals surface area contributed by atoms with Gasteiger partial charge >= 0.3 is 6.18 Å². The van der Waals surface area contributed by atoms with Gasteiger partial charge in [-0.05, 0) is 42.3 Å². The Hall–Kier alpha value is -4.02. The molecule has 0 atom stereocenters. The van der Waals surface area contributed by atoms with Gasteiger partial charge in [-0.2, -0.15) is 13.2 Å². The van der Waals surface area contributed by atoms with Crippen molar-refractivity contribution >= 4 is 17.5 Å². The number of hydrogen-bond acceptors (Lipinski definition) is 6. The minimum atomic E-state index is -4.54. The highest BCUT2D eigenvalue weighted by Gasteiger charge is 2.32. The van der Waals surface area contributed by atoms with Gasteiger partial charge in [0, 0.05) is 57.6 Å². The average Bonchev–Trinajstić information content (AvgIpc) is 2.87. The Morgan fingerprint density at radius 3 is 2.36 bits per heavy atom. The van der Waals surface area contributed by atoms with Gasteiger partial charge in [0.1, 0.15) is 11.4 Å². The minimum Gasteiger partial charge on any atom is -0.367 e. The molecule has 0 spiro atoms. The van der Waals surface area contributed by atoms with Gasteiger partial charge in [-0.15, -0.1) is 0 Å². The fourth-order valence-corrected chi connectivity index (χ4v) is 4.02. The summed E-state index contributed by atoms with van der Waals surface area (Å²) in [5, 5.41) is 2.79. The van der Waals surface area contributed by atoms with E-state index in [2.05, 4.69) is 25.2 Å². The summed E-state index contributed by atoms with van der Waals surface area (Å²) in [6.07, 6.45) is -0.265. The van der Waals surface area contributed by atoms with E-state index >= 15 is 0 Å². The topological polar surface area (TPSA) is 91.3 Å². The van der Waals surface area contributed by atoms with Gasteiger partial charge in [0.15, 0.2) is 0 Å². The SMILES string of the molecule is CC(=O)N1CCN(c2ccc(C(=O)NCc3cnc(-c4ccnc(C(F)(F)F)c4)c(C)c3)nc2)CC1.